The van der Waals surface area contributed by atoms with Crippen molar-refractivity contribution in [1.29, 1.82) is 0 Å². The Hall–Kier alpha value is -1.49. The summed E-state index contributed by atoms with van der Waals surface area (Å²) in [4.78, 5) is 15.2. The quantitative estimate of drug-likeness (QED) is 0.607. The zero-order chi connectivity index (χ0) is 14.4. The molecule has 1 N–H and O–H groups in total. The molecule has 0 saturated carbocycles. The van der Waals surface area contributed by atoms with E-state index in [4.69, 9.17) is 0 Å². The van der Waals surface area contributed by atoms with E-state index >= 15 is 0 Å². The molecular formula is C14H23N3O2. The molecule has 1 rings (SSSR count). The fourth-order valence-corrected chi connectivity index (χ4v) is 2.34. The first-order valence-corrected chi connectivity index (χ1v) is 6.86. The van der Waals surface area contributed by atoms with E-state index in [0.29, 0.717) is 11.3 Å². The number of pyridine rings is 1. The molecule has 1 aromatic rings. The van der Waals surface area contributed by atoms with Crippen LogP contribution in [0.4, 0.5) is 5.69 Å². The average molecular weight is 265 g/mol. The standard InChI is InChI=1S/C14H23N3O2/c1-5-8-15-12(6-2)11(4)13-14(17(18)19)10(3)7-9-16-13/h7,9,11-12,15H,5-6,8H2,1-4H3. The van der Waals surface area contributed by atoms with Crippen molar-refractivity contribution in [1.82, 2.24) is 10.3 Å². The molecule has 0 fully saturated rings. The van der Waals surface area contributed by atoms with E-state index in [9.17, 15) is 10.1 Å². The van der Waals surface area contributed by atoms with Crippen LogP contribution in [0.25, 0.3) is 0 Å². The molecule has 0 aliphatic rings. The van der Waals surface area contributed by atoms with Gasteiger partial charge in [-0.25, -0.2) is 0 Å². The Morgan fingerprint density at radius 3 is 2.68 bits per heavy atom. The summed E-state index contributed by atoms with van der Waals surface area (Å²) < 4.78 is 0. The Morgan fingerprint density at radius 2 is 2.16 bits per heavy atom. The zero-order valence-corrected chi connectivity index (χ0v) is 12.1. The normalized spacial score (nSPS) is 14.1. The fourth-order valence-electron chi connectivity index (χ4n) is 2.34. The van der Waals surface area contributed by atoms with Crippen LogP contribution in [0, 0.1) is 17.0 Å². The highest BCUT2D eigenvalue weighted by Gasteiger charge is 2.27. The maximum Gasteiger partial charge on any atom is 0.293 e. The van der Waals surface area contributed by atoms with Gasteiger partial charge in [0.2, 0.25) is 0 Å². The van der Waals surface area contributed by atoms with Gasteiger partial charge < -0.3 is 5.32 Å². The van der Waals surface area contributed by atoms with Gasteiger partial charge in [0.25, 0.3) is 5.69 Å². The maximum atomic E-state index is 11.2. The van der Waals surface area contributed by atoms with Gasteiger partial charge in [0.1, 0.15) is 5.69 Å². The summed E-state index contributed by atoms with van der Waals surface area (Å²) in [6.45, 7) is 8.88. The number of nitro groups is 1. The van der Waals surface area contributed by atoms with Crippen LogP contribution in [-0.4, -0.2) is 22.5 Å². The van der Waals surface area contributed by atoms with Gasteiger partial charge in [-0.2, -0.15) is 0 Å². The molecule has 0 amide bonds. The minimum Gasteiger partial charge on any atom is -0.313 e. The first-order chi connectivity index (χ1) is 9.02. The number of hydrogen-bond acceptors (Lipinski definition) is 4. The highest BCUT2D eigenvalue weighted by molar-refractivity contribution is 5.44. The highest BCUT2D eigenvalue weighted by atomic mass is 16.6. The Bertz CT molecular complexity index is 435. The SMILES string of the molecule is CCCNC(CC)C(C)c1nccc(C)c1[N+](=O)[O-]. The first kappa shape index (κ1) is 15.6. The average Bonchev–Trinajstić information content (AvgIpc) is 2.38. The lowest BCUT2D eigenvalue weighted by Crippen LogP contribution is -2.34. The van der Waals surface area contributed by atoms with Gasteiger partial charge in [-0.3, -0.25) is 15.1 Å². The maximum absolute atomic E-state index is 11.2. The third kappa shape index (κ3) is 3.73. The Morgan fingerprint density at radius 1 is 1.47 bits per heavy atom. The number of aryl methyl sites for hydroxylation is 1. The lowest BCUT2D eigenvalue weighted by Gasteiger charge is -2.23. The van der Waals surface area contributed by atoms with Crippen molar-refractivity contribution in [3.63, 3.8) is 0 Å². The molecule has 0 spiro atoms. The van der Waals surface area contributed by atoms with Gasteiger partial charge in [-0.15, -0.1) is 0 Å². The van der Waals surface area contributed by atoms with Crippen molar-refractivity contribution >= 4 is 5.69 Å². The molecule has 5 heteroatoms. The summed E-state index contributed by atoms with van der Waals surface area (Å²) in [7, 11) is 0. The molecule has 1 aromatic heterocycles. The monoisotopic (exact) mass is 265 g/mol. The topological polar surface area (TPSA) is 68.1 Å². The molecule has 0 aliphatic carbocycles. The molecule has 0 aromatic carbocycles. The summed E-state index contributed by atoms with van der Waals surface area (Å²) in [5.74, 6) is 0.0249. The third-order valence-electron chi connectivity index (χ3n) is 3.47. The van der Waals surface area contributed by atoms with Gasteiger partial charge in [0.15, 0.2) is 0 Å². The molecule has 2 atom stereocenters. The van der Waals surface area contributed by atoms with E-state index in [0.717, 1.165) is 19.4 Å². The van der Waals surface area contributed by atoms with E-state index < -0.39 is 0 Å². The predicted octanol–water partition coefficient (Wildman–Crippen LogP) is 3.18. The lowest BCUT2D eigenvalue weighted by atomic mass is 9.93. The smallest absolute Gasteiger partial charge is 0.293 e. The van der Waals surface area contributed by atoms with Crippen molar-refractivity contribution in [3.05, 3.63) is 33.6 Å². The molecule has 0 saturated heterocycles. The van der Waals surface area contributed by atoms with Gasteiger partial charge in [0, 0.05) is 23.7 Å². The van der Waals surface area contributed by atoms with E-state index in [1.807, 2.05) is 6.92 Å². The third-order valence-corrected chi connectivity index (χ3v) is 3.47. The van der Waals surface area contributed by atoms with Crippen LogP contribution in [0.2, 0.25) is 0 Å². The number of aromatic nitrogens is 1. The summed E-state index contributed by atoms with van der Waals surface area (Å²) in [6, 6.07) is 1.90. The first-order valence-electron chi connectivity index (χ1n) is 6.86. The van der Waals surface area contributed by atoms with Crippen LogP contribution in [0.5, 0.6) is 0 Å². The number of nitrogens with zero attached hydrogens (tertiary/aromatic N) is 2. The van der Waals surface area contributed by atoms with Crippen molar-refractivity contribution in [2.45, 2.75) is 52.5 Å². The summed E-state index contributed by atoms with van der Waals surface area (Å²) >= 11 is 0. The van der Waals surface area contributed by atoms with Gasteiger partial charge in [0.05, 0.1) is 4.92 Å². The lowest BCUT2D eigenvalue weighted by molar-refractivity contribution is -0.386. The molecule has 0 bridgehead atoms. The minimum absolute atomic E-state index is 0.0249. The van der Waals surface area contributed by atoms with Crippen molar-refractivity contribution < 1.29 is 4.92 Å². The molecule has 5 nitrogen and oxygen atoms in total. The highest BCUT2D eigenvalue weighted by Crippen LogP contribution is 2.30. The minimum atomic E-state index is -0.319. The number of hydrogen-bond donors (Lipinski definition) is 1. The van der Waals surface area contributed by atoms with Crippen molar-refractivity contribution in [2.75, 3.05) is 6.54 Å². The van der Waals surface area contributed by atoms with Crippen molar-refractivity contribution in [3.8, 4) is 0 Å². The van der Waals surface area contributed by atoms with Crippen LogP contribution in [0.3, 0.4) is 0 Å². The van der Waals surface area contributed by atoms with Crippen LogP contribution >= 0.6 is 0 Å². The molecule has 1 heterocycles. The second-order valence-corrected chi connectivity index (χ2v) is 4.88. The molecular weight excluding hydrogens is 242 g/mol. The van der Waals surface area contributed by atoms with Crippen LogP contribution in [-0.2, 0) is 0 Å². The van der Waals surface area contributed by atoms with Crippen LogP contribution in [0.1, 0.15) is 50.8 Å². The zero-order valence-electron chi connectivity index (χ0n) is 12.1. The largest absolute Gasteiger partial charge is 0.313 e. The second-order valence-electron chi connectivity index (χ2n) is 4.88. The van der Waals surface area contributed by atoms with Gasteiger partial charge >= 0.3 is 0 Å². The van der Waals surface area contributed by atoms with Gasteiger partial charge in [-0.05, 0) is 32.4 Å². The van der Waals surface area contributed by atoms with Crippen molar-refractivity contribution in [2.24, 2.45) is 0 Å². The number of rotatable bonds is 7. The van der Waals surface area contributed by atoms with E-state index in [1.54, 1.807) is 19.2 Å². The number of nitrogens with one attached hydrogen (secondary N) is 1. The molecule has 106 valence electrons. The summed E-state index contributed by atoms with van der Waals surface area (Å²) in [5.41, 5.74) is 1.42. The fraction of sp³-hybridized carbons (Fsp3) is 0.643. The Labute approximate surface area is 114 Å². The van der Waals surface area contributed by atoms with Crippen LogP contribution < -0.4 is 5.32 Å². The molecule has 0 radical (unpaired) electrons. The molecule has 0 aliphatic heterocycles. The molecule has 2 unspecified atom stereocenters. The van der Waals surface area contributed by atoms with Crippen LogP contribution in [0.15, 0.2) is 12.3 Å². The van der Waals surface area contributed by atoms with E-state index in [-0.39, 0.29) is 22.6 Å². The Balaban J connectivity index is 3.07. The predicted molar refractivity (Wildman–Crippen MR) is 76.4 cm³/mol. The summed E-state index contributed by atoms with van der Waals surface area (Å²) in [6.07, 6.45) is 3.63. The van der Waals surface area contributed by atoms with E-state index in [1.165, 1.54) is 0 Å². The Kier molecular flexibility index (Phi) is 5.89. The van der Waals surface area contributed by atoms with Gasteiger partial charge in [-0.1, -0.05) is 20.8 Å². The van der Waals surface area contributed by atoms with E-state index in [2.05, 4.69) is 24.1 Å². The molecule has 19 heavy (non-hydrogen) atoms. The summed E-state index contributed by atoms with van der Waals surface area (Å²) in [5, 5.41) is 14.7. The second kappa shape index (κ2) is 7.19.